The number of nitrogens with zero attached hydrogens (tertiary/aromatic N) is 1. The van der Waals surface area contributed by atoms with E-state index in [0.29, 0.717) is 0 Å². The first-order valence-corrected chi connectivity index (χ1v) is 13.5. The topological polar surface area (TPSA) is 80.2 Å². The third-order valence-electron chi connectivity index (χ3n) is 7.52. The van der Waals surface area contributed by atoms with Crippen molar-refractivity contribution in [3.05, 3.63) is 88.8 Å². The van der Waals surface area contributed by atoms with Gasteiger partial charge in [0.15, 0.2) is 0 Å². The molecule has 0 aliphatic heterocycles. The van der Waals surface area contributed by atoms with Gasteiger partial charge < -0.3 is 19.5 Å². The van der Waals surface area contributed by atoms with Crippen LogP contribution in [0, 0.1) is 5.41 Å². The molecular weight excluding hydrogens is 530 g/mol. The SMILES string of the molecule is CCC1(C[C@H](NC(=O)OCc2ccccc2)c2ncc(-c3ccc4c(c3)oc3cc(Br)ccc34)[nH]2)CC1. The Balaban J connectivity index is 1.24. The number of H-pyrrole nitrogens is 1. The summed E-state index contributed by atoms with van der Waals surface area (Å²) in [5.74, 6) is 0.736. The lowest BCUT2D eigenvalue weighted by Crippen LogP contribution is -2.31. The molecular formula is C30H28BrN3O3. The molecule has 1 amide bonds. The molecule has 5 aromatic rings. The van der Waals surface area contributed by atoms with Gasteiger partial charge in [-0.25, -0.2) is 9.78 Å². The Morgan fingerprint density at radius 2 is 1.86 bits per heavy atom. The molecule has 3 aromatic carbocycles. The number of nitrogens with one attached hydrogen (secondary N) is 2. The highest BCUT2D eigenvalue weighted by Crippen LogP contribution is 2.54. The molecule has 0 bridgehead atoms. The van der Waals surface area contributed by atoms with Crippen molar-refractivity contribution in [3.63, 3.8) is 0 Å². The first kappa shape index (κ1) is 23.8. The fraction of sp³-hybridized carbons (Fsp3) is 0.267. The smallest absolute Gasteiger partial charge is 0.408 e. The zero-order chi connectivity index (χ0) is 25.4. The molecule has 1 saturated carbocycles. The Bertz CT molecular complexity index is 1570. The van der Waals surface area contributed by atoms with Gasteiger partial charge in [0.05, 0.1) is 17.9 Å². The fourth-order valence-electron chi connectivity index (χ4n) is 5.01. The summed E-state index contributed by atoms with van der Waals surface area (Å²) < 4.78 is 12.6. The van der Waals surface area contributed by atoms with E-state index in [1.807, 2.05) is 54.7 Å². The Labute approximate surface area is 223 Å². The van der Waals surface area contributed by atoms with Crippen molar-refractivity contribution in [2.75, 3.05) is 0 Å². The molecule has 0 unspecified atom stereocenters. The predicted molar refractivity (Wildman–Crippen MR) is 148 cm³/mol. The Morgan fingerprint density at radius 3 is 2.62 bits per heavy atom. The molecule has 0 radical (unpaired) electrons. The van der Waals surface area contributed by atoms with Gasteiger partial charge in [0.25, 0.3) is 0 Å². The van der Waals surface area contributed by atoms with Crippen LogP contribution in [0.3, 0.4) is 0 Å². The number of aromatic nitrogens is 2. The third kappa shape index (κ3) is 5.01. The van der Waals surface area contributed by atoms with E-state index < -0.39 is 6.09 Å². The van der Waals surface area contributed by atoms with E-state index in [2.05, 4.69) is 56.3 Å². The first-order valence-electron chi connectivity index (χ1n) is 12.7. The van der Waals surface area contributed by atoms with Gasteiger partial charge in [-0.3, -0.25) is 0 Å². The zero-order valence-electron chi connectivity index (χ0n) is 20.6. The van der Waals surface area contributed by atoms with Crippen LogP contribution in [0.25, 0.3) is 33.2 Å². The summed E-state index contributed by atoms with van der Waals surface area (Å²) in [5.41, 5.74) is 4.74. The van der Waals surface area contributed by atoms with Crippen LogP contribution in [0.15, 0.2) is 81.8 Å². The highest BCUT2D eigenvalue weighted by atomic mass is 79.9. The second-order valence-corrected chi connectivity index (χ2v) is 10.9. The van der Waals surface area contributed by atoms with Gasteiger partial charge in [-0.15, -0.1) is 0 Å². The second kappa shape index (κ2) is 9.71. The molecule has 7 heteroatoms. The van der Waals surface area contributed by atoms with E-state index in [1.165, 1.54) is 12.8 Å². The molecule has 2 heterocycles. The van der Waals surface area contributed by atoms with Crippen LogP contribution >= 0.6 is 15.9 Å². The zero-order valence-corrected chi connectivity index (χ0v) is 22.2. The van der Waals surface area contributed by atoms with E-state index in [0.717, 1.165) is 61.9 Å². The van der Waals surface area contributed by atoms with Crippen molar-refractivity contribution in [2.24, 2.45) is 5.41 Å². The third-order valence-corrected chi connectivity index (χ3v) is 8.01. The maximum atomic E-state index is 12.7. The van der Waals surface area contributed by atoms with Crippen LogP contribution in [0.2, 0.25) is 0 Å². The van der Waals surface area contributed by atoms with Gasteiger partial charge in [0.1, 0.15) is 23.6 Å². The Kier molecular flexibility index (Phi) is 6.24. The highest BCUT2D eigenvalue weighted by molar-refractivity contribution is 9.10. The highest BCUT2D eigenvalue weighted by Gasteiger charge is 2.43. The van der Waals surface area contributed by atoms with E-state index in [9.17, 15) is 4.79 Å². The number of aromatic amines is 1. The summed E-state index contributed by atoms with van der Waals surface area (Å²) in [4.78, 5) is 20.9. The summed E-state index contributed by atoms with van der Waals surface area (Å²) in [7, 11) is 0. The maximum absolute atomic E-state index is 12.7. The molecule has 0 spiro atoms. The van der Waals surface area contributed by atoms with E-state index in [1.54, 1.807) is 0 Å². The molecule has 6 nitrogen and oxygen atoms in total. The number of alkyl carbamates (subject to hydrolysis) is 1. The van der Waals surface area contributed by atoms with Crippen LogP contribution < -0.4 is 5.32 Å². The Hall–Kier alpha value is -3.58. The summed E-state index contributed by atoms with van der Waals surface area (Å²) in [6.45, 7) is 2.45. The van der Waals surface area contributed by atoms with Crippen molar-refractivity contribution in [1.29, 1.82) is 0 Å². The number of amides is 1. The van der Waals surface area contributed by atoms with Crippen LogP contribution in [-0.4, -0.2) is 16.1 Å². The lowest BCUT2D eigenvalue weighted by Gasteiger charge is -2.22. The van der Waals surface area contributed by atoms with Crippen molar-refractivity contribution in [3.8, 4) is 11.3 Å². The predicted octanol–water partition coefficient (Wildman–Crippen LogP) is 8.29. The van der Waals surface area contributed by atoms with Crippen LogP contribution in [0.4, 0.5) is 4.79 Å². The molecule has 1 aliphatic carbocycles. The largest absolute Gasteiger partial charge is 0.456 e. The standard InChI is InChI=1S/C30H28BrN3O3/c1-2-30(12-13-30)16-24(34-29(35)36-18-19-6-4-3-5-7-19)28-32-17-25(33-28)20-8-10-22-23-11-9-21(31)15-27(23)37-26(22)14-20/h3-11,14-15,17,24H,2,12-13,16,18H2,1H3,(H,32,33)(H,34,35)/t24-/m0/s1. The number of halogens is 1. The van der Waals surface area contributed by atoms with Gasteiger partial charge in [-0.1, -0.05) is 65.7 Å². The molecule has 2 N–H and O–H groups in total. The number of furan rings is 1. The molecule has 37 heavy (non-hydrogen) atoms. The van der Waals surface area contributed by atoms with Crippen molar-refractivity contribution in [1.82, 2.24) is 15.3 Å². The molecule has 0 saturated heterocycles. The van der Waals surface area contributed by atoms with Gasteiger partial charge in [0, 0.05) is 20.8 Å². The van der Waals surface area contributed by atoms with Gasteiger partial charge >= 0.3 is 6.09 Å². The number of hydrogen-bond donors (Lipinski definition) is 2. The fourth-order valence-corrected chi connectivity index (χ4v) is 5.35. The average molecular weight is 558 g/mol. The summed E-state index contributed by atoms with van der Waals surface area (Å²) >= 11 is 3.51. The summed E-state index contributed by atoms with van der Waals surface area (Å²) in [6, 6.07) is 21.7. The summed E-state index contributed by atoms with van der Waals surface area (Å²) in [6.07, 6.45) is 5.64. The lowest BCUT2D eigenvalue weighted by atomic mass is 9.94. The van der Waals surface area contributed by atoms with Crippen LogP contribution in [0.5, 0.6) is 0 Å². The van der Waals surface area contributed by atoms with Gasteiger partial charge in [0.2, 0.25) is 0 Å². The van der Waals surface area contributed by atoms with E-state index in [-0.39, 0.29) is 18.1 Å². The molecule has 6 rings (SSSR count). The van der Waals surface area contributed by atoms with E-state index >= 15 is 0 Å². The van der Waals surface area contributed by atoms with Crippen molar-refractivity contribution >= 4 is 44.0 Å². The molecule has 2 aromatic heterocycles. The van der Waals surface area contributed by atoms with Crippen LogP contribution in [0.1, 0.15) is 50.0 Å². The minimum absolute atomic E-state index is 0.232. The number of fused-ring (bicyclic) bond motifs is 3. The molecule has 188 valence electrons. The first-order chi connectivity index (χ1) is 18.0. The Morgan fingerprint density at radius 1 is 1.11 bits per heavy atom. The van der Waals surface area contributed by atoms with Crippen molar-refractivity contribution in [2.45, 2.75) is 45.3 Å². The van der Waals surface area contributed by atoms with Gasteiger partial charge in [-0.2, -0.15) is 0 Å². The minimum atomic E-state index is -0.437. The number of rotatable bonds is 8. The number of carbonyl (C=O) groups excluding carboxylic acids is 1. The molecule has 1 atom stereocenters. The number of hydrogen-bond acceptors (Lipinski definition) is 4. The lowest BCUT2D eigenvalue weighted by molar-refractivity contribution is 0.133. The number of carbonyl (C=O) groups is 1. The summed E-state index contributed by atoms with van der Waals surface area (Å²) in [5, 5.41) is 5.23. The van der Waals surface area contributed by atoms with Crippen molar-refractivity contribution < 1.29 is 13.9 Å². The molecule has 1 aliphatic rings. The number of benzene rings is 3. The number of imidazole rings is 1. The maximum Gasteiger partial charge on any atom is 0.408 e. The average Bonchev–Trinajstić information content (AvgIpc) is 3.35. The van der Waals surface area contributed by atoms with Gasteiger partial charge in [-0.05, 0) is 60.6 Å². The van der Waals surface area contributed by atoms with Crippen LogP contribution in [-0.2, 0) is 11.3 Å². The monoisotopic (exact) mass is 557 g/mol. The molecule has 1 fully saturated rings. The number of ether oxygens (including phenoxy) is 1. The van der Waals surface area contributed by atoms with E-state index in [4.69, 9.17) is 9.15 Å². The normalized spacial score (nSPS) is 15.1. The minimum Gasteiger partial charge on any atom is -0.456 e. The second-order valence-electron chi connectivity index (χ2n) is 9.95. The quantitative estimate of drug-likeness (QED) is 0.201.